The predicted molar refractivity (Wildman–Crippen MR) is 155 cm³/mol. The zero-order valence-electron chi connectivity index (χ0n) is 22.3. The fourth-order valence-electron chi connectivity index (χ4n) is 4.83. The monoisotopic (exact) mass is 494 g/mol. The maximum absolute atomic E-state index is 11.7. The van der Waals surface area contributed by atoms with E-state index in [2.05, 4.69) is 62.5 Å². The Morgan fingerprint density at radius 1 is 1.08 bits per heavy atom. The van der Waals surface area contributed by atoms with E-state index in [1.807, 2.05) is 31.2 Å². The molecule has 0 spiro atoms. The third kappa shape index (κ3) is 5.67. The number of carbonyl (C=O) groups excluding carboxylic acids is 1. The van der Waals surface area contributed by atoms with Crippen molar-refractivity contribution in [3.05, 3.63) is 93.6 Å². The molecule has 3 aromatic rings. The highest BCUT2D eigenvalue weighted by atomic mass is 16.3. The first-order valence-corrected chi connectivity index (χ1v) is 12.7. The molecule has 0 saturated carbocycles. The van der Waals surface area contributed by atoms with Crippen molar-refractivity contribution in [2.45, 2.75) is 53.4 Å². The molecule has 1 amide bonds. The number of phenols is 1. The lowest BCUT2D eigenvalue weighted by Crippen LogP contribution is -2.40. The van der Waals surface area contributed by atoms with Gasteiger partial charge in [-0.2, -0.15) is 0 Å². The number of nitrogen functional groups attached to an aromatic ring is 1. The van der Waals surface area contributed by atoms with Crippen molar-refractivity contribution in [3.8, 4) is 5.75 Å². The van der Waals surface area contributed by atoms with E-state index in [-0.39, 0.29) is 11.7 Å². The highest BCUT2D eigenvalue weighted by Crippen LogP contribution is 2.40. The maximum atomic E-state index is 11.7. The zero-order chi connectivity index (χ0) is 26.9. The Kier molecular flexibility index (Phi) is 7.35. The van der Waals surface area contributed by atoms with E-state index in [0.717, 1.165) is 44.5 Å². The van der Waals surface area contributed by atoms with Crippen LogP contribution in [-0.4, -0.2) is 16.7 Å². The van der Waals surface area contributed by atoms with Crippen LogP contribution in [0.5, 0.6) is 5.75 Å². The summed E-state index contributed by atoms with van der Waals surface area (Å²) in [5.74, 6) is 0.293. The number of hydrogen-bond acceptors (Lipinski definition) is 3. The van der Waals surface area contributed by atoms with E-state index in [4.69, 9.17) is 11.1 Å². The summed E-state index contributed by atoms with van der Waals surface area (Å²) in [6.45, 7) is 9.86. The standard InChI is InChI=1S/C32H35N3O2/c1-18(2)23-8-6-22(7-9-23)15-26-16-24(28(33)14-20(26)4)10-11-25-17-27-12-19(3)13-29(35-21(5)36)30(27)32(37)31(25)34/h6-9,12-18,33,37H,10-11,34H2,1-5H3,(H,35,36)/p+1. The number of hydrogen-bond donors (Lipinski definition) is 4. The minimum atomic E-state index is -0.202. The first-order chi connectivity index (χ1) is 17.5. The average Bonchev–Trinajstić information content (AvgIpc) is 2.82. The van der Waals surface area contributed by atoms with Crippen molar-refractivity contribution in [1.82, 2.24) is 0 Å². The summed E-state index contributed by atoms with van der Waals surface area (Å²) in [5.41, 5.74) is 15.6. The van der Waals surface area contributed by atoms with E-state index in [1.54, 1.807) is 0 Å². The van der Waals surface area contributed by atoms with E-state index in [9.17, 15) is 9.90 Å². The van der Waals surface area contributed by atoms with Crippen LogP contribution in [0.15, 0.2) is 71.3 Å². The highest BCUT2D eigenvalue weighted by Gasteiger charge is 2.19. The average molecular weight is 495 g/mol. The van der Waals surface area contributed by atoms with Gasteiger partial charge in [-0.15, -0.1) is 0 Å². The number of anilines is 2. The first kappa shape index (κ1) is 26.0. The molecular formula is C32H36N3O2+. The molecule has 1 aliphatic rings. The lowest BCUT2D eigenvalue weighted by molar-refractivity contribution is -0.114. The minimum absolute atomic E-state index is 0.00741. The highest BCUT2D eigenvalue weighted by molar-refractivity contribution is 6.08. The zero-order valence-corrected chi connectivity index (χ0v) is 22.3. The van der Waals surface area contributed by atoms with E-state index < -0.39 is 0 Å². The number of phenolic OH excluding ortho intramolecular Hbond substituents is 1. The van der Waals surface area contributed by atoms with E-state index in [0.29, 0.717) is 35.5 Å². The Labute approximate surface area is 218 Å². The normalized spacial score (nSPS) is 14.8. The molecule has 5 heteroatoms. The lowest BCUT2D eigenvalue weighted by atomic mass is 9.88. The molecule has 5 nitrogen and oxygen atoms in total. The smallest absolute Gasteiger partial charge is 0.221 e. The molecule has 0 saturated heterocycles. The molecule has 0 radical (unpaired) electrons. The summed E-state index contributed by atoms with van der Waals surface area (Å²) >= 11 is 0. The quantitative estimate of drug-likeness (QED) is 0.264. The van der Waals surface area contributed by atoms with Gasteiger partial charge in [-0.1, -0.05) is 44.2 Å². The lowest BCUT2D eigenvalue weighted by Gasteiger charge is -2.17. The summed E-state index contributed by atoms with van der Waals surface area (Å²) in [7, 11) is 0. The van der Waals surface area contributed by atoms with Crippen molar-refractivity contribution in [1.29, 1.82) is 0 Å². The SMILES string of the molecule is CC(=O)Nc1cc(C)cc2cc(CCC3=CC(=Cc4ccc(C(C)C)cc4)C(C)=CC3=[NH2+])c(N)c(O)c12. The van der Waals surface area contributed by atoms with Crippen LogP contribution in [0.4, 0.5) is 11.4 Å². The number of rotatable bonds is 6. The topological polar surface area (TPSA) is 101 Å². The molecule has 3 aromatic carbocycles. The molecular weight excluding hydrogens is 458 g/mol. The number of nitrogens with two attached hydrogens (primary N) is 2. The van der Waals surface area contributed by atoms with Crippen LogP contribution in [0.2, 0.25) is 0 Å². The Hall–Kier alpha value is -4.12. The summed E-state index contributed by atoms with van der Waals surface area (Å²) in [6.07, 6.45) is 7.66. The van der Waals surface area contributed by atoms with Gasteiger partial charge in [-0.25, -0.2) is 0 Å². The fraction of sp³-hybridized carbons (Fsp3) is 0.250. The molecule has 37 heavy (non-hydrogen) atoms. The summed E-state index contributed by atoms with van der Waals surface area (Å²) in [5, 5.41) is 21.6. The number of benzene rings is 3. The molecule has 0 atom stereocenters. The summed E-state index contributed by atoms with van der Waals surface area (Å²) in [4.78, 5) is 11.7. The number of aryl methyl sites for hydroxylation is 2. The van der Waals surface area contributed by atoms with Gasteiger partial charge in [0.15, 0.2) is 5.71 Å². The van der Waals surface area contributed by atoms with Crippen molar-refractivity contribution >= 4 is 39.8 Å². The molecule has 0 aromatic heterocycles. The molecule has 190 valence electrons. The van der Waals surface area contributed by atoms with Gasteiger partial charge in [0, 0.05) is 24.0 Å². The number of amides is 1. The fourth-order valence-corrected chi connectivity index (χ4v) is 4.83. The number of aromatic hydroxyl groups is 1. The molecule has 0 bridgehead atoms. The van der Waals surface area contributed by atoms with Gasteiger partial charge >= 0.3 is 0 Å². The molecule has 1 aliphatic carbocycles. The molecule has 4 rings (SSSR count). The van der Waals surface area contributed by atoms with Gasteiger partial charge in [0.25, 0.3) is 0 Å². The van der Waals surface area contributed by atoms with Gasteiger partial charge in [-0.3, -0.25) is 10.2 Å². The van der Waals surface area contributed by atoms with Crippen LogP contribution in [0.25, 0.3) is 16.8 Å². The number of fused-ring (bicyclic) bond motifs is 1. The van der Waals surface area contributed by atoms with Gasteiger partial charge in [-0.05, 0) is 95.7 Å². The first-order valence-electron chi connectivity index (χ1n) is 12.7. The van der Waals surface area contributed by atoms with Crippen molar-refractivity contribution < 1.29 is 15.3 Å². The Morgan fingerprint density at radius 3 is 2.43 bits per heavy atom. The number of nitrogens with one attached hydrogen (secondary N) is 1. The largest absolute Gasteiger partial charge is 0.505 e. The van der Waals surface area contributed by atoms with E-state index in [1.165, 1.54) is 12.5 Å². The van der Waals surface area contributed by atoms with Crippen LogP contribution in [0.1, 0.15) is 62.3 Å². The molecule has 0 unspecified atom stereocenters. The second-order valence-electron chi connectivity index (χ2n) is 10.3. The number of allylic oxidation sites excluding steroid dienone is 5. The van der Waals surface area contributed by atoms with Crippen LogP contribution < -0.4 is 16.5 Å². The third-order valence-electron chi connectivity index (χ3n) is 6.91. The molecule has 0 fully saturated rings. The summed E-state index contributed by atoms with van der Waals surface area (Å²) in [6, 6.07) is 14.5. The third-order valence-corrected chi connectivity index (χ3v) is 6.91. The van der Waals surface area contributed by atoms with Crippen molar-refractivity contribution in [2.24, 2.45) is 0 Å². The van der Waals surface area contributed by atoms with Crippen molar-refractivity contribution in [3.63, 3.8) is 0 Å². The summed E-state index contributed by atoms with van der Waals surface area (Å²) < 4.78 is 0. The second kappa shape index (κ2) is 10.5. The van der Waals surface area contributed by atoms with E-state index >= 15 is 0 Å². The van der Waals surface area contributed by atoms with Crippen LogP contribution in [0.3, 0.4) is 0 Å². The van der Waals surface area contributed by atoms with Crippen LogP contribution in [0, 0.1) is 6.92 Å². The second-order valence-corrected chi connectivity index (χ2v) is 10.3. The minimum Gasteiger partial charge on any atom is -0.505 e. The number of carbonyl (C=O) groups is 1. The van der Waals surface area contributed by atoms with Crippen LogP contribution >= 0.6 is 0 Å². The Morgan fingerprint density at radius 2 is 1.78 bits per heavy atom. The Bertz CT molecular complexity index is 1490. The van der Waals surface area contributed by atoms with Crippen molar-refractivity contribution in [2.75, 3.05) is 11.1 Å². The predicted octanol–water partition coefficient (Wildman–Crippen LogP) is 5.62. The van der Waals surface area contributed by atoms with Gasteiger partial charge in [0.2, 0.25) is 5.91 Å². The molecule has 0 heterocycles. The Balaban J connectivity index is 1.63. The van der Waals surface area contributed by atoms with Crippen LogP contribution in [-0.2, 0) is 11.2 Å². The van der Waals surface area contributed by atoms with Gasteiger partial charge in [0.1, 0.15) is 5.75 Å². The maximum Gasteiger partial charge on any atom is 0.221 e. The van der Waals surface area contributed by atoms with Gasteiger partial charge in [0.05, 0.1) is 11.4 Å². The molecule has 6 N–H and O–H groups in total. The van der Waals surface area contributed by atoms with Gasteiger partial charge < -0.3 is 16.2 Å². The molecule has 0 aliphatic heterocycles.